The SMILES string of the molecule is C[C@H](Sc1ccc(Cl)cc1)C(=O)N1CCN(c2ccccc2Cl)CC1. The van der Waals surface area contributed by atoms with Crippen LogP contribution in [0, 0.1) is 0 Å². The largest absolute Gasteiger partial charge is 0.367 e. The van der Waals surface area contributed by atoms with E-state index in [-0.39, 0.29) is 11.2 Å². The Hall–Kier alpha value is -1.36. The third-order valence-corrected chi connectivity index (χ3v) is 5.93. The lowest BCUT2D eigenvalue weighted by molar-refractivity contribution is -0.130. The van der Waals surface area contributed by atoms with Gasteiger partial charge in [0.15, 0.2) is 0 Å². The number of amides is 1. The third kappa shape index (κ3) is 4.63. The molecule has 0 N–H and O–H groups in total. The Morgan fingerprint density at radius 1 is 1.00 bits per heavy atom. The highest BCUT2D eigenvalue weighted by atomic mass is 35.5. The molecule has 0 bridgehead atoms. The van der Waals surface area contributed by atoms with Gasteiger partial charge in [0.25, 0.3) is 0 Å². The average molecular weight is 395 g/mol. The van der Waals surface area contributed by atoms with E-state index in [9.17, 15) is 4.79 Å². The van der Waals surface area contributed by atoms with Crippen molar-refractivity contribution < 1.29 is 4.79 Å². The highest BCUT2D eigenvalue weighted by Crippen LogP contribution is 2.28. The molecule has 1 aliphatic heterocycles. The maximum atomic E-state index is 12.7. The lowest BCUT2D eigenvalue weighted by Gasteiger charge is -2.37. The molecule has 1 fully saturated rings. The van der Waals surface area contributed by atoms with Gasteiger partial charge in [0, 0.05) is 36.1 Å². The number of benzene rings is 2. The van der Waals surface area contributed by atoms with Crippen LogP contribution in [0.25, 0.3) is 0 Å². The van der Waals surface area contributed by atoms with Gasteiger partial charge in [-0.05, 0) is 43.3 Å². The van der Waals surface area contributed by atoms with Gasteiger partial charge < -0.3 is 9.80 Å². The van der Waals surface area contributed by atoms with Gasteiger partial charge in [-0.15, -0.1) is 11.8 Å². The summed E-state index contributed by atoms with van der Waals surface area (Å²) in [6, 6.07) is 15.5. The molecule has 1 atom stereocenters. The van der Waals surface area contributed by atoms with Crippen LogP contribution in [0.4, 0.5) is 5.69 Å². The van der Waals surface area contributed by atoms with E-state index >= 15 is 0 Å². The molecule has 132 valence electrons. The van der Waals surface area contributed by atoms with Gasteiger partial charge in [0.1, 0.15) is 0 Å². The van der Waals surface area contributed by atoms with E-state index in [2.05, 4.69) is 4.90 Å². The number of rotatable bonds is 4. The number of anilines is 1. The minimum atomic E-state index is -0.118. The van der Waals surface area contributed by atoms with Crippen molar-refractivity contribution in [3.8, 4) is 0 Å². The van der Waals surface area contributed by atoms with Gasteiger partial charge in [0.2, 0.25) is 5.91 Å². The van der Waals surface area contributed by atoms with Crippen LogP contribution in [0.15, 0.2) is 53.4 Å². The lowest BCUT2D eigenvalue weighted by atomic mass is 10.2. The van der Waals surface area contributed by atoms with Crippen LogP contribution in [0.1, 0.15) is 6.92 Å². The molecule has 1 aliphatic rings. The van der Waals surface area contributed by atoms with E-state index in [0.29, 0.717) is 5.02 Å². The van der Waals surface area contributed by atoms with Crippen LogP contribution in [-0.2, 0) is 4.79 Å². The number of para-hydroxylation sites is 1. The van der Waals surface area contributed by atoms with Crippen LogP contribution >= 0.6 is 35.0 Å². The summed E-state index contributed by atoms with van der Waals surface area (Å²) in [6.07, 6.45) is 0. The second-order valence-corrected chi connectivity index (χ2v) is 8.24. The fourth-order valence-corrected chi connectivity index (χ4v) is 4.23. The lowest BCUT2D eigenvalue weighted by Crippen LogP contribution is -2.50. The molecule has 0 saturated carbocycles. The second-order valence-electron chi connectivity index (χ2n) is 5.98. The third-order valence-electron chi connectivity index (χ3n) is 4.26. The van der Waals surface area contributed by atoms with Crippen molar-refractivity contribution in [1.29, 1.82) is 0 Å². The van der Waals surface area contributed by atoms with Crippen molar-refractivity contribution in [1.82, 2.24) is 4.90 Å². The standard InChI is InChI=1S/C19H20Cl2N2OS/c1-14(25-16-8-6-15(20)7-9-16)19(24)23-12-10-22(11-13-23)18-5-3-2-4-17(18)21/h2-9,14H,10-13H2,1H3/t14-/m0/s1. The number of thioether (sulfide) groups is 1. The van der Waals surface area contributed by atoms with E-state index in [0.717, 1.165) is 41.8 Å². The molecule has 6 heteroatoms. The normalized spacial score (nSPS) is 16.0. The Kier molecular flexibility index (Phi) is 6.15. The van der Waals surface area contributed by atoms with Crippen LogP contribution in [0.2, 0.25) is 10.0 Å². The summed E-state index contributed by atoms with van der Waals surface area (Å²) in [5, 5.41) is 1.35. The van der Waals surface area contributed by atoms with E-state index < -0.39 is 0 Å². The molecule has 3 nitrogen and oxygen atoms in total. The molecule has 1 saturated heterocycles. The number of halogens is 2. The monoisotopic (exact) mass is 394 g/mol. The summed E-state index contributed by atoms with van der Waals surface area (Å²) in [5.41, 5.74) is 1.04. The smallest absolute Gasteiger partial charge is 0.235 e. The van der Waals surface area contributed by atoms with E-state index in [1.807, 2.05) is 60.4 Å². The van der Waals surface area contributed by atoms with Crippen molar-refractivity contribution in [2.45, 2.75) is 17.1 Å². The zero-order valence-corrected chi connectivity index (χ0v) is 16.3. The quantitative estimate of drug-likeness (QED) is 0.694. The number of carbonyl (C=O) groups is 1. The molecule has 0 unspecified atom stereocenters. The number of hydrogen-bond acceptors (Lipinski definition) is 3. The first-order valence-corrected chi connectivity index (χ1v) is 9.88. The highest BCUT2D eigenvalue weighted by Gasteiger charge is 2.26. The van der Waals surface area contributed by atoms with Crippen LogP contribution in [0.5, 0.6) is 0 Å². The topological polar surface area (TPSA) is 23.6 Å². The molecule has 2 aromatic rings. The Balaban J connectivity index is 1.56. The van der Waals surface area contributed by atoms with Crippen molar-refractivity contribution in [2.24, 2.45) is 0 Å². The van der Waals surface area contributed by atoms with Crippen LogP contribution in [0.3, 0.4) is 0 Å². The van der Waals surface area contributed by atoms with Crippen molar-refractivity contribution >= 4 is 46.6 Å². The Morgan fingerprint density at radius 2 is 1.64 bits per heavy atom. The molecular formula is C19H20Cl2N2OS. The molecular weight excluding hydrogens is 375 g/mol. The second kappa shape index (κ2) is 8.35. The van der Waals surface area contributed by atoms with Crippen molar-refractivity contribution in [2.75, 3.05) is 31.1 Å². The summed E-state index contributed by atoms with van der Waals surface area (Å²) < 4.78 is 0. The van der Waals surface area contributed by atoms with E-state index in [4.69, 9.17) is 23.2 Å². The summed E-state index contributed by atoms with van der Waals surface area (Å²) in [7, 11) is 0. The summed E-state index contributed by atoms with van der Waals surface area (Å²) in [6.45, 7) is 4.99. The average Bonchev–Trinajstić information content (AvgIpc) is 2.63. The first-order valence-electron chi connectivity index (χ1n) is 8.25. The molecule has 25 heavy (non-hydrogen) atoms. The molecule has 0 aliphatic carbocycles. The first kappa shape index (κ1) is 18.4. The number of piperazine rings is 1. The van der Waals surface area contributed by atoms with E-state index in [1.54, 1.807) is 11.8 Å². The van der Waals surface area contributed by atoms with Gasteiger partial charge >= 0.3 is 0 Å². The molecule has 1 amide bonds. The minimum Gasteiger partial charge on any atom is -0.367 e. The maximum Gasteiger partial charge on any atom is 0.235 e. The predicted molar refractivity (Wildman–Crippen MR) is 107 cm³/mol. The van der Waals surface area contributed by atoms with Gasteiger partial charge in [-0.2, -0.15) is 0 Å². The number of carbonyl (C=O) groups excluding carboxylic acids is 1. The zero-order chi connectivity index (χ0) is 17.8. The summed E-state index contributed by atoms with van der Waals surface area (Å²) >= 11 is 13.8. The van der Waals surface area contributed by atoms with Crippen molar-refractivity contribution in [3.63, 3.8) is 0 Å². The first-order chi connectivity index (χ1) is 12.0. The van der Waals surface area contributed by atoms with Crippen LogP contribution in [-0.4, -0.2) is 42.2 Å². The summed E-state index contributed by atoms with van der Waals surface area (Å²) in [5.74, 6) is 0.179. The van der Waals surface area contributed by atoms with E-state index in [1.165, 1.54) is 0 Å². The fraction of sp³-hybridized carbons (Fsp3) is 0.316. The highest BCUT2D eigenvalue weighted by molar-refractivity contribution is 8.00. The minimum absolute atomic E-state index is 0.118. The molecule has 0 spiro atoms. The predicted octanol–water partition coefficient (Wildman–Crippen LogP) is 4.82. The van der Waals surface area contributed by atoms with Gasteiger partial charge in [-0.1, -0.05) is 35.3 Å². The zero-order valence-electron chi connectivity index (χ0n) is 14.0. The number of hydrogen-bond donors (Lipinski definition) is 0. The molecule has 1 heterocycles. The Morgan fingerprint density at radius 3 is 2.28 bits per heavy atom. The molecule has 0 aromatic heterocycles. The van der Waals surface area contributed by atoms with Gasteiger partial charge in [-0.25, -0.2) is 0 Å². The Labute approximate surface area is 162 Å². The molecule has 2 aromatic carbocycles. The fourth-order valence-electron chi connectivity index (χ4n) is 2.90. The maximum absolute atomic E-state index is 12.7. The molecule has 3 rings (SSSR count). The number of nitrogens with zero attached hydrogens (tertiary/aromatic N) is 2. The van der Waals surface area contributed by atoms with Gasteiger partial charge in [-0.3, -0.25) is 4.79 Å². The summed E-state index contributed by atoms with van der Waals surface area (Å²) in [4.78, 5) is 18.0. The van der Waals surface area contributed by atoms with Crippen LogP contribution < -0.4 is 4.90 Å². The Bertz CT molecular complexity index is 730. The van der Waals surface area contributed by atoms with Gasteiger partial charge in [0.05, 0.1) is 16.0 Å². The molecule has 0 radical (unpaired) electrons. The van der Waals surface area contributed by atoms with Crippen molar-refractivity contribution in [3.05, 3.63) is 58.6 Å².